The van der Waals surface area contributed by atoms with E-state index in [0.717, 1.165) is 40.3 Å². The van der Waals surface area contributed by atoms with Crippen molar-refractivity contribution in [3.05, 3.63) is 60.4 Å². The molecule has 0 aliphatic heterocycles. The summed E-state index contributed by atoms with van der Waals surface area (Å²) in [5, 5.41) is 12.8. The minimum absolute atomic E-state index is 0.187. The molecule has 0 spiro atoms. The lowest BCUT2D eigenvalue weighted by atomic mass is 10.1. The van der Waals surface area contributed by atoms with Gasteiger partial charge < -0.3 is 19.7 Å². The number of methoxy groups -OCH3 is 1. The number of nitrogens with one attached hydrogen (secondary N) is 1. The molecule has 4 rings (SSSR count). The van der Waals surface area contributed by atoms with E-state index >= 15 is 0 Å². The Morgan fingerprint density at radius 1 is 1.03 bits per heavy atom. The topological polar surface area (TPSA) is 85.1 Å². The third kappa shape index (κ3) is 3.91. The van der Waals surface area contributed by atoms with Crippen molar-refractivity contribution < 1.29 is 9.84 Å². The van der Waals surface area contributed by atoms with E-state index in [1.807, 2.05) is 36.4 Å². The average Bonchev–Trinajstić information content (AvgIpc) is 3.16. The number of phenols is 1. The summed E-state index contributed by atoms with van der Waals surface area (Å²) in [5.74, 6) is 2.65. The molecule has 4 aromatic rings. The van der Waals surface area contributed by atoms with Crippen LogP contribution in [0, 0.1) is 0 Å². The van der Waals surface area contributed by atoms with Crippen molar-refractivity contribution in [3.8, 4) is 22.9 Å². The highest BCUT2D eigenvalue weighted by atomic mass is 16.5. The van der Waals surface area contributed by atoms with Gasteiger partial charge in [0.15, 0.2) is 17.0 Å². The number of imidazole rings is 1. The van der Waals surface area contributed by atoms with E-state index in [1.165, 1.54) is 0 Å². The number of hydrogen-bond donors (Lipinski definition) is 2. The van der Waals surface area contributed by atoms with Crippen molar-refractivity contribution in [1.82, 2.24) is 19.5 Å². The molecule has 0 aliphatic carbocycles. The van der Waals surface area contributed by atoms with Gasteiger partial charge in [0.2, 0.25) is 0 Å². The van der Waals surface area contributed by atoms with Crippen LogP contribution in [0.4, 0.5) is 5.82 Å². The van der Waals surface area contributed by atoms with Crippen LogP contribution in [0.3, 0.4) is 0 Å². The predicted octanol–water partition coefficient (Wildman–Crippen LogP) is 4.44. The van der Waals surface area contributed by atoms with Crippen molar-refractivity contribution in [2.75, 3.05) is 19.0 Å². The fourth-order valence-electron chi connectivity index (χ4n) is 3.46. The summed E-state index contributed by atoms with van der Waals surface area (Å²) in [6, 6.07) is 15.3. The maximum atomic E-state index is 9.42. The van der Waals surface area contributed by atoms with Gasteiger partial charge in [0.1, 0.15) is 23.7 Å². The lowest BCUT2D eigenvalue weighted by molar-refractivity contribution is 0.415. The molecule has 154 valence electrons. The minimum atomic E-state index is 0.187. The van der Waals surface area contributed by atoms with E-state index < -0.39 is 0 Å². The second-order valence-corrected chi connectivity index (χ2v) is 7.37. The van der Waals surface area contributed by atoms with Crippen molar-refractivity contribution in [2.45, 2.75) is 26.3 Å². The predicted molar refractivity (Wildman–Crippen MR) is 118 cm³/mol. The number of aromatic nitrogens is 4. The highest BCUT2D eigenvalue weighted by Crippen LogP contribution is 2.30. The lowest BCUT2D eigenvalue weighted by Gasteiger charge is -2.12. The SMILES string of the molecule is COc1ccc(-c2nc3c(NCCc4ccc(O)cc4)ncnc3n2C(C)C)cc1. The summed E-state index contributed by atoms with van der Waals surface area (Å²) >= 11 is 0. The van der Waals surface area contributed by atoms with Crippen molar-refractivity contribution in [3.63, 3.8) is 0 Å². The lowest BCUT2D eigenvalue weighted by Crippen LogP contribution is -2.08. The normalized spacial score (nSPS) is 11.2. The first-order valence-corrected chi connectivity index (χ1v) is 9.96. The molecule has 7 nitrogen and oxygen atoms in total. The molecule has 2 heterocycles. The Kier molecular flexibility index (Phi) is 5.52. The first-order valence-electron chi connectivity index (χ1n) is 9.96. The Morgan fingerprint density at radius 2 is 1.77 bits per heavy atom. The first kappa shape index (κ1) is 19.7. The van der Waals surface area contributed by atoms with Crippen molar-refractivity contribution in [1.29, 1.82) is 0 Å². The summed E-state index contributed by atoms with van der Waals surface area (Å²) in [6.07, 6.45) is 2.38. The van der Waals surface area contributed by atoms with Crippen LogP contribution in [0.2, 0.25) is 0 Å². The van der Waals surface area contributed by atoms with Gasteiger partial charge in [-0.3, -0.25) is 0 Å². The van der Waals surface area contributed by atoms with Gasteiger partial charge in [0.05, 0.1) is 7.11 Å². The molecule has 0 bridgehead atoms. The minimum Gasteiger partial charge on any atom is -0.508 e. The Labute approximate surface area is 175 Å². The second-order valence-electron chi connectivity index (χ2n) is 7.37. The smallest absolute Gasteiger partial charge is 0.166 e. The molecule has 2 aromatic heterocycles. The van der Waals surface area contributed by atoms with Gasteiger partial charge in [-0.1, -0.05) is 12.1 Å². The number of phenolic OH excluding ortho intramolecular Hbond substituents is 1. The molecule has 0 fully saturated rings. The maximum Gasteiger partial charge on any atom is 0.166 e. The standard InChI is InChI=1S/C23H25N5O2/c1-15(2)28-22(17-6-10-19(30-3)11-7-17)27-20-21(25-14-26-23(20)28)24-13-12-16-4-8-18(29)9-5-16/h4-11,14-15,29H,12-13H2,1-3H3,(H,24,25,26). The number of rotatable bonds is 7. The molecule has 7 heteroatoms. The van der Waals surface area contributed by atoms with Gasteiger partial charge in [0.25, 0.3) is 0 Å². The van der Waals surface area contributed by atoms with Gasteiger partial charge in [0, 0.05) is 18.2 Å². The number of fused-ring (bicyclic) bond motifs is 1. The summed E-state index contributed by atoms with van der Waals surface area (Å²) in [4.78, 5) is 13.8. The molecule has 0 aliphatic rings. The average molecular weight is 403 g/mol. The zero-order valence-corrected chi connectivity index (χ0v) is 17.3. The van der Waals surface area contributed by atoms with E-state index in [0.29, 0.717) is 12.4 Å². The summed E-state index contributed by atoms with van der Waals surface area (Å²) in [5.41, 5.74) is 3.69. The zero-order valence-electron chi connectivity index (χ0n) is 17.3. The van der Waals surface area contributed by atoms with E-state index in [9.17, 15) is 5.11 Å². The van der Waals surface area contributed by atoms with Crippen molar-refractivity contribution >= 4 is 17.0 Å². The molecule has 0 atom stereocenters. The first-order chi connectivity index (χ1) is 14.6. The Hall–Kier alpha value is -3.61. The number of nitrogens with zero attached hydrogens (tertiary/aromatic N) is 4. The Bertz CT molecular complexity index is 1130. The van der Waals surface area contributed by atoms with Crippen LogP contribution in [0.15, 0.2) is 54.9 Å². The molecule has 0 radical (unpaired) electrons. The van der Waals surface area contributed by atoms with Gasteiger partial charge in [-0.05, 0) is 62.2 Å². The zero-order chi connectivity index (χ0) is 21.1. The van der Waals surface area contributed by atoms with Crippen LogP contribution in [0.25, 0.3) is 22.6 Å². The Morgan fingerprint density at radius 3 is 2.43 bits per heavy atom. The van der Waals surface area contributed by atoms with Crippen LogP contribution in [0.5, 0.6) is 11.5 Å². The molecule has 0 saturated heterocycles. The summed E-state index contributed by atoms with van der Waals surface area (Å²) in [7, 11) is 1.66. The monoisotopic (exact) mass is 403 g/mol. The van der Waals surface area contributed by atoms with E-state index in [1.54, 1.807) is 25.6 Å². The molecule has 2 aromatic carbocycles. The largest absolute Gasteiger partial charge is 0.508 e. The molecule has 0 unspecified atom stereocenters. The van der Waals surface area contributed by atoms with Crippen LogP contribution in [-0.2, 0) is 6.42 Å². The van der Waals surface area contributed by atoms with Crippen LogP contribution in [-0.4, -0.2) is 38.3 Å². The number of ether oxygens (including phenoxy) is 1. The third-order valence-corrected chi connectivity index (χ3v) is 4.98. The second kappa shape index (κ2) is 8.41. The molecule has 0 amide bonds. The van der Waals surface area contributed by atoms with E-state index in [4.69, 9.17) is 9.72 Å². The van der Waals surface area contributed by atoms with Gasteiger partial charge in [-0.15, -0.1) is 0 Å². The number of hydrogen-bond acceptors (Lipinski definition) is 6. The molecule has 0 saturated carbocycles. The van der Waals surface area contributed by atoms with Gasteiger partial charge in [-0.25, -0.2) is 15.0 Å². The number of anilines is 1. The quantitative estimate of drug-likeness (QED) is 0.474. The number of aromatic hydroxyl groups is 1. The van der Waals surface area contributed by atoms with Gasteiger partial charge in [-0.2, -0.15) is 0 Å². The van der Waals surface area contributed by atoms with Crippen LogP contribution >= 0.6 is 0 Å². The number of benzene rings is 2. The highest BCUT2D eigenvalue weighted by molar-refractivity contribution is 5.86. The van der Waals surface area contributed by atoms with Gasteiger partial charge >= 0.3 is 0 Å². The summed E-state index contributed by atoms with van der Waals surface area (Å²) in [6.45, 7) is 4.94. The highest BCUT2D eigenvalue weighted by Gasteiger charge is 2.19. The molecular weight excluding hydrogens is 378 g/mol. The molecule has 2 N–H and O–H groups in total. The molecule has 30 heavy (non-hydrogen) atoms. The third-order valence-electron chi connectivity index (χ3n) is 4.98. The fourth-order valence-corrected chi connectivity index (χ4v) is 3.46. The van der Waals surface area contributed by atoms with Crippen LogP contribution in [0.1, 0.15) is 25.5 Å². The van der Waals surface area contributed by atoms with E-state index in [-0.39, 0.29) is 11.8 Å². The maximum absolute atomic E-state index is 9.42. The van der Waals surface area contributed by atoms with Crippen molar-refractivity contribution in [2.24, 2.45) is 0 Å². The molecular formula is C23H25N5O2. The van der Waals surface area contributed by atoms with E-state index in [2.05, 4.69) is 33.7 Å². The fraction of sp³-hybridized carbons (Fsp3) is 0.261. The Balaban J connectivity index is 1.65. The van der Waals surface area contributed by atoms with Crippen LogP contribution < -0.4 is 10.1 Å². The summed E-state index contributed by atoms with van der Waals surface area (Å²) < 4.78 is 7.40.